The van der Waals surface area contributed by atoms with E-state index in [0.29, 0.717) is 0 Å². The second kappa shape index (κ2) is 7.27. The van der Waals surface area contributed by atoms with Crippen molar-refractivity contribution in [2.45, 2.75) is 0 Å². The van der Waals surface area contributed by atoms with Gasteiger partial charge in [0.1, 0.15) is 12.1 Å². The fraction of sp³-hybridized carbons (Fsp3) is 0.556. The Morgan fingerprint density at radius 1 is 1.19 bits per heavy atom. The van der Waals surface area contributed by atoms with E-state index in [9.17, 15) is 0 Å². The molecule has 16 heavy (non-hydrogen) atoms. The number of rotatable bonds is 1. The predicted octanol–water partition coefficient (Wildman–Crippen LogP) is 1.83. The molecule has 1 saturated heterocycles. The number of hydrogen-bond donors (Lipinski definition) is 0. The van der Waals surface area contributed by atoms with E-state index in [1.807, 2.05) is 0 Å². The first-order chi connectivity index (χ1) is 6.77. The minimum absolute atomic E-state index is 0. The zero-order valence-electron chi connectivity index (χ0n) is 8.97. The van der Waals surface area contributed by atoms with E-state index >= 15 is 0 Å². The van der Waals surface area contributed by atoms with Crippen molar-refractivity contribution in [3.8, 4) is 0 Å². The van der Waals surface area contributed by atoms with Crippen LogP contribution in [-0.2, 0) is 0 Å². The summed E-state index contributed by atoms with van der Waals surface area (Å²) < 4.78 is 0.976. The molecule has 1 aromatic rings. The van der Waals surface area contributed by atoms with E-state index in [0.717, 1.165) is 36.5 Å². The van der Waals surface area contributed by atoms with Crippen LogP contribution < -0.4 is 4.90 Å². The highest BCUT2D eigenvalue weighted by Crippen LogP contribution is 2.22. The molecule has 0 unspecified atom stereocenters. The fourth-order valence-corrected chi connectivity index (χ4v) is 2.03. The first-order valence-electron chi connectivity index (χ1n) is 4.66. The highest BCUT2D eigenvalue weighted by molar-refractivity contribution is 9.10. The van der Waals surface area contributed by atoms with Crippen LogP contribution in [0.5, 0.6) is 0 Å². The average molecular weight is 330 g/mol. The Morgan fingerprint density at radius 3 is 2.38 bits per heavy atom. The van der Waals surface area contributed by atoms with Gasteiger partial charge in [-0.15, -0.1) is 24.8 Å². The molecule has 4 nitrogen and oxygen atoms in total. The molecule has 0 N–H and O–H groups in total. The van der Waals surface area contributed by atoms with Gasteiger partial charge in [-0.3, -0.25) is 0 Å². The van der Waals surface area contributed by atoms with E-state index in [1.54, 1.807) is 12.5 Å². The van der Waals surface area contributed by atoms with Crippen LogP contribution in [0.2, 0.25) is 0 Å². The topological polar surface area (TPSA) is 32.3 Å². The summed E-state index contributed by atoms with van der Waals surface area (Å²) in [4.78, 5) is 12.8. The molecule has 7 heteroatoms. The van der Waals surface area contributed by atoms with Crippen molar-refractivity contribution in [3.05, 3.63) is 17.0 Å². The van der Waals surface area contributed by atoms with Gasteiger partial charge in [0, 0.05) is 32.4 Å². The van der Waals surface area contributed by atoms with Crippen LogP contribution >= 0.6 is 40.7 Å². The molecule has 1 aliphatic rings. The molecule has 0 radical (unpaired) electrons. The number of hydrogen-bond acceptors (Lipinski definition) is 4. The number of aromatic nitrogens is 2. The fourth-order valence-electron chi connectivity index (χ4n) is 1.56. The van der Waals surface area contributed by atoms with Crippen molar-refractivity contribution in [3.63, 3.8) is 0 Å². The number of likely N-dealkylation sites (N-methyl/N-ethyl adjacent to an activating group) is 1. The van der Waals surface area contributed by atoms with Gasteiger partial charge in [0.15, 0.2) is 0 Å². The van der Waals surface area contributed by atoms with Gasteiger partial charge in [-0.2, -0.15) is 0 Å². The lowest BCUT2D eigenvalue weighted by Gasteiger charge is -2.33. The normalized spacial score (nSPS) is 16.2. The Hall–Kier alpha value is -0.100. The quantitative estimate of drug-likeness (QED) is 0.787. The molecule has 1 aliphatic heterocycles. The second-order valence-corrected chi connectivity index (χ2v) is 4.34. The molecule has 2 rings (SSSR count). The van der Waals surface area contributed by atoms with E-state index < -0.39 is 0 Å². The molecule has 0 bridgehead atoms. The van der Waals surface area contributed by atoms with Gasteiger partial charge in [0.2, 0.25) is 0 Å². The van der Waals surface area contributed by atoms with Gasteiger partial charge in [0.05, 0.1) is 4.47 Å². The van der Waals surface area contributed by atoms with Crippen LogP contribution in [0.15, 0.2) is 17.0 Å². The van der Waals surface area contributed by atoms with Crippen molar-refractivity contribution < 1.29 is 0 Å². The third-order valence-electron chi connectivity index (χ3n) is 2.45. The third kappa shape index (κ3) is 3.73. The lowest BCUT2D eigenvalue weighted by Crippen LogP contribution is -2.44. The molecule has 92 valence electrons. The zero-order chi connectivity index (χ0) is 9.97. The van der Waals surface area contributed by atoms with Gasteiger partial charge in [-0.25, -0.2) is 9.97 Å². The van der Waals surface area contributed by atoms with E-state index in [2.05, 4.69) is 42.7 Å². The molecule has 0 aromatic carbocycles. The average Bonchev–Trinajstić information content (AvgIpc) is 2.20. The Balaban J connectivity index is 0.00000112. The Labute approximate surface area is 116 Å². The third-order valence-corrected chi connectivity index (χ3v) is 3.01. The highest BCUT2D eigenvalue weighted by Gasteiger charge is 2.16. The minimum atomic E-state index is 0. The number of piperazine rings is 1. The van der Waals surface area contributed by atoms with E-state index in [-0.39, 0.29) is 24.8 Å². The molecular formula is C9H15BrCl2N4. The predicted molar refractivity (Wildman–Crippen MR) is 73.9 cm³/mol. The SMILES string of the molecule is CN1CCN(c2ncncc2Br)CC1.Cl.Cl. The minimum Gasteiger partial charge on any atom is -0.353 e. The highest BCUT2D eigenvalue weighted by atomic mass is 79.9. The summed E-state index contributed by atoms with van der Waals surface area (Å²) in [5.41, 5.74) is 0. The number of nitrogens with zero attached hydrogens (tertiary/aromatic N) is 4. The Kier molecular flexibility index (Phi) is 7.22. The Bertz CT molecular complexity index is 318. The van der Waals surface area contributed by atoms with Gasteiger partial charge in [-0.1, -0.05) is 0 Å². The van der Waals surface area contributed by atoms with Crippen LogP contribution in [0.1, 0.15) is 0 Å². The maximum Gasteiger partial charge on any atom is 0.146 e. The van der Waals surface area contributed by atoms with Crippen molar-refractivity contribution in [2.75, 3.05) is 38.1 Å². The van der Waals surface area contributed by atoms with Gasteiger partial charge in [-0.05, 0) is 23.0 Å². The van der Waals surface area contributed by atoms with Crippen LogP contribution in [0.25, 0.3) is 0 Å². The molecule has 2 heterocycles. The van der Waals surface area contributed by atoms with Crippen LogP contribution in [0.4, 0.5) is 5.82 Å². The second-order valence-electron chi connectivity index (χ2n) is 3.48. The van der Waals surface area contributed by atoms with E-state index in [4.69, 9.17) is 0 Å². The molecule has 1 aromatic heterocycles. The number of halogens is 3. The van der Waals surface area contributed by atoms with Gasteiger partial charge < -0.3 is 9.80 Å². The van der Waals surface area contributed by atoms with Crippen LogP contribution in [-0.4, -0.2) is 48.1 Å². The van der Waals surface area contributed by atoms with Crippen molar-refractivity contribution in [2.24, 2.45) is 0 Å². The molecule has 0 spiro atoms. The van der Waals surface area contributed by atoms with Crippen molar-refractivity contribution >= 4 is 46.6 Å². The Morgan fingerprint density at radius 2 is 1.81 bits per heavy atom. The molecule has 0 amide bonds. The number of anilines is 1. The first-order valence-corrected chi connectivity index (χ1v) is 5.45. The summed E-state index contributed by atoms with van der Waals surface area (Å²) in [5.74, 6) is 1.01. The smallest absolute Gasteiger partial charge is 0.146 e. The maximum atomic E-state index is 4.28. The molecular weight excluding hydrogens is 315 g/mol. The summed E-state index contributed by atoms with van der Waals surface area (Å²) in [7, 11) is 2.15. The summed E-state index contributed by atoms with van der Waals surface area (Å²) in [6, 6.07) is 0. The van der Waals surface area contributed by atoms with Crippen molar-refractivity contribution in [1.29, 1.82) is 0 Å². The lowest BCUT2D eigenvalue weighted by atomic mass is 10.3. The van der Waals surface area contributed by atoms with Crippen LogP contribution in [0, 0.1) is 0 Å². The molecule has 1 fully saturated rings. The zero-order valence-corrected chi connectivity index (χ0v) is 12.2. The van der Waals surface area contributed by atoms with Gasteiger partial charge >= 0.3 is 0 Å². The standard InChI is InChI=1S/C9H13BrN4.2ClH/c1-13-2-4-14(5-3-13)9-8(10)6-11-7-12-9;;/h6-7H,2-5H2,1H3;2*1H. The molecule has 0 aliphatic carbocycles. The maximum absolute atomic E-state index is 4.28. The summed E-state index contributed by atoms with van der Waals surface area (Å²) >= 11 is 3.47. The largest absolute Gasteiger partial charge is 0.353 e. The van der Waals surface area contributed by atoms with Gasteiger partial charge in [0.25, 0.3) is 0 Å². The van der Waals surface area contributed by atoms with Crippen molar-refractivity contribution in [1.82, 2.24) is 14.9 Å². The first kappa shape index (κ1) is 15.9. The summed E-state index contributed by atoms with van der Waals surface area (Å²) in [6.45, 7) is 4.26. The lowest BCUT2D eigenvalue weighted by molar-refractivity contribution is 0.312. The van der Waals surface area contributed by atoms with E-state index in [1.165, 1.54) is 0 Å². The monoisotopic (exact) mass is 328 g/mol. The summed E-state index contributed by atoms with van der Waals surface area (Å²) in [6.07, 6.45) is 3.39. The van der Waals surface area contributed by atoms with Crippen LogP contribution in [0.3, 0.4) is 0 Å². The molecule has 0 atom stereocenters. The summed E-state index contributed by atoms with van der Waals surface area (Å²) in [5, 5.41) is 0. The molecule has 0 saturated carbocycles.